The van der Waals surface area contributed by atoms with E-state index in [9.17, 15) is 0 Å². The van der Waals surface area contributed by atoms with Gasteiger partial charge in [0.1, 0.15) is 11.5 Å². The smallest absolute Gasteiger partial charge is 0.135 e. The van der Waals surface area contributed by atoms with Gasteiger partial charge in [-0.15, -0.1) is 0 Å². The van der Waals surface area contributed by atoms with Crippen molar-refractivity contribution < 1.29 is 4.74 Å². The van der Waals surface area contributed by atoms with Gasteiger partial charge in [-0.1, -0.05) is 188 Å². The van der Waals surface area contributed by atoms with E-state index in [1.165, 1.54) is 55.6 Å². The summed E-state index contributed by atoms with van der Waals surface area (Å²) in [5.74, 6) is 1.78. The molecule has 1 atom stereocenters. The van der Waals surface area contributed by atoms with Crippen LogP contribution in [0.25, 0.3) is 66.4 Å². The van der Waals surface area contributed by atoms with E-state index >= 15 is 0 Å². The fourth-order valence-corrected chi connectivity index (χ4v) is 10.2. The van der Waals surface area contributed by atoms with Crippen molar-refractivity contribution in [2.75, 3.05) is 4.90 Å². The number of fused-ring (bicyclic) bond motifs is 5. The molecular formula is C60H41NO. The van der Waals surface area contributed by atoms with Crippen LogP contribution in [0.4, 0.5) is 17.1 Å². The summed E-state index contributed by atoms with van der Waals surface area (Å²) in [5, 5.41) is 2.30. The third kappa shape index (κ3) is 5.57. The molecule has 2 aliphatic rings. The number of benzene rings is 10. The second-order valence-electron chi connectivity index (χ2n) is 16.5. The van der Waals surface area contributed by atoms with Crippen LogP contribution in [0.5, 0.6) is 11.5 Å². The van der Waals surface area contributed by atoms with Crippen molar-refractivity contribution in [3.05, 3.63) is 247 Å². The maximum absolute atomic E-state index is 6.56. The predicted octanol–water partition coefficient (Wildman–Crippen LogP) is 16.4. The number of ether oxygens (including phenoxy) is 1. The summed E-state index contributed by atoms with van der Waals surface area (Å²) in [5.41, 5.74) is 18.8. The molecule has 12 rings (SSSR count). The van der Waals surface area contributed by atoms with Gasteiger partial charge >= 0.3 is 0 Å². The summed E-state index contributed by atoms with van der Waals surface area (Å²) in [6.07, 6.45) is 0. The zero-order valence-corrected chi connectivity index (χ0v) is 34.3. The average molecular weight is 792 g/mol. The lowest BCUT2D eigenvalue weighted by Gasteiger charge is -2.32. The van der Waals surface area contributed by atoms with Gasteiger partial charge in [0.05, 0.1) is 11.4 Å². The van der Waals surface area contributed by atoms with E-state index in [0.717, 1.165) is 56.0 Å². The van der Waals surface area contributed by atoms with E-state index in [4.69, 9.17) is 4.74 Å². The zero-order valence-electron chi connectivity index (χ0n) is 34.3. The average Bonchev–Trinajstić information content (AvgIpc) is 3.62. The molecular weight excluding hydrogens is 751 g/mol. The van der Waals surface area contributed by atoms with Crippen molar-refractivity contribution in [1.82, 2.24) is 0 Å². The SMILES string of the molecule is CC1(c2ccccc2)c2ccccc2-c2c(N(c3ccc(-c4ccc(-c5ccccc5)cc4)cc3)c3ccccc3-c3ccc4c5c(cccc35)-c3ccccc3O4)cccc21. The Morgan fingerprint density at radius 2 is 0.903 bits per heavy atom. The summed E-state index contributed by atoms with van der Waals surface area (Å²) in [6.45, 7) is 2.39. The Morgan fingerprint density at radius 3 is 1.66 bits per heavy atom. The largest absolute Gasteiger partial charge is 0.456 e. The molecule has 2 heteroatoms. The Kier molecular flexibility index (Phi) is 8.33. The van der Waals surface area contributed by atoms with Crippen molar-refractivity contribution in [1.29, 1.82) is 0 Å². The molecule has 0 N–H and O–H groups in total. The van der Waals surface area contributed by atoms with Crippen LogP contribution in [0.1, 0.15) is 23.6 Å². The minimum absolute atomic E-state index is 0.337. The van der Waals surface area contributed by atoms with Crippen LogP contribution in [0.2, 0.25) is 0 Å². The van der Waals surface area contributed by atoms with E-state index in [1.54, 1.807) is 0 Å². The second kappa shape index (κ2) is 14.4. The molecule has 10 aromatic carbocycles. The van der Waals surface area contributed by atoms with Gasteiger partial charge in [0.25, 0.3) is 0 Å². The number of hydrogen-bond acceptors (Lipinski definition) is 2. The van der Waals surface area contributed by atoms with E-state index in [-0.39, 0.29) is 5.41 Å². The van der Waals surface area contributed by atoms with Gasteiger partial charge in [-0.2, -0.15) is 0 Å². The number of para-hydroxylation sites is 2. The third-order valence-electron chi connectivity index (χ3n) is 13.2. The van der Waals surface area contributed by atoms with E-state index < -0.39 is 0 Å². The van der Waals surface area contributed by atoms with Crippen LogP contribution in [-0.2, 0) is 5.41 Å². The van der Waals surface area contributed by atoms with Gasteiger partial charge in [-0.05, 0) is 110 Å². The second-order valence-corrected chi connectivity index (χ2v) is 16.5. The molecule has 0 aromatic heterocycles. The highest BCUT2D eigenvalue weighted by atomic mass is 16.5. The van der Waals surface area contributed by atoms with Crippen molar-refractivity contribution >= 4 is 27.8 Å². The fraction of sp³-hybridized carbons (Fsp3) is 0.0333. The van der Waals surface area contributed by atoms with Gasteiger partial charge in [0.15, 0.2) is 0 Å². The first-order chi connectivity index (χ1) is 30.6. The van der Waals surface area contributed by atoms with Gasteiger partial charge < -0.3 is 9.64 Å². The number of hydrogen-bond donors (Lipinski definition) is 0. The monoisotopic (exact) mass is 791 g/mol. The Labute approximate surface area is 362 Å². The highest BCUT2D eigenvalue weighted by Crippen LogP contribution is 2.58. The summed E-state index contributed by atoms with van der Waals surface area (Å²) >= 11 is 0. The van der Waals surface area contributed by atoms with E-state index in [2.05, 4.69) is 236 Å². The Bertz CT molecular complexity index is 3320. The molecule has 0 bridgehead atoms. The minimum Gasteiger partial charge on any atom is -0.456 e. The minimum atomic E-state index is -0.337. The molecule has 62 heavy (non-hydrogen) atoms. The topological polar surface area (TPSA) is 12.5 Å². The molecule has 0 saturated heterocycles. The van der Waals surface area contributed by atoms with Crippen molar-refractivity contribution in [3.63, 3.8) is 0 Å². The number of rotatable bonds is 7. The molecule has 0 amide bonds. The fourth-order valence-electron chi connectivity index (χ4n) is 10.2. The normalized spacial score (nSPS) is 14.4. The lowest BCUT2D eigenvalue weighted by molar-refractivity contribution is 0.487. The highest BCUT2D eigenvalue weighted by molar-refractivity contribution is 6.11. The third-order valence-corrected chi connectivity index (χ3v) is 13.2. The molecule has 2 nitrogen and oxygen atoms in total. The van der Waals surface area contributed by atoms with Crippen LogP contribution >= 0.6 is 0 Å². The Hall–Kier alpha value is -7.94. The van der Waals surface area contributed by atoms with Crippen LogP contribution in [0.15, 0.2) is 231 Å². The van der Waals surface area contributed by atoms with Crippen molar-refractivity contribution in [3.8, 4) is 67.1 Å². The standard InChI is InChI=1S/C60H41NO/c1-60(44-18-6-3-7-19-44)52-25-11-8-22-51(52)59-53(60)26-15-28-55(59)61(45-36-34-43(35-37-45)42-32-30-41(31-33-42)40-16-4-2-5-17-40)54-27-12-9-20-47(54)46-38-39-57-58-49(46)23-14-24-50(58)48-21-10-13-29-56(48)62-57/h2-39H,1H3. The molecule has 0 saturated carbocycles. The molecule has 0 spiro atoms. The lowest BCUT2D eigenvalue weighted by Crippen LogP contribution is -2.22. The maximum Gasteiger partial charge on any atom is 0.135 e. The molecule has 1 heterocycles. The molecule has 0 radical (unpaired) electrons. The van der Waals surface area contributed by atoms with Crippen LogP contribution in [0.3, 0.4) is 0 Å². The lowest BCUT2D eigenvalue weighted by atomic mass is 9.74. The summed E-state index contributed by atoms with van der Waals surface area (Å²) in [6, 6.07) is 83.7. The van der Waals surface area contributed by atoms with Gasteiger partial charge in [-0.25, -0.2) is 0 Å². The summed E-state index contributed by atoms with van der Waals surface area (Å²) < 4.78 is 6.56. The first-order valence-corrected chi connectivity index (χ1v) is 21.4. The summed E-state index contributed by atoms with van der Waals surface area (Å²) in [4.78, 5) is 2.49. The molecule has 1 unspecified atom stereocenters. The first kappa shape index (κ1) is 36.0. The van der Waals surface area contributed by atoms with Crippen molar-refractivity contribution in [2.24, 2.45) is 0 Å². The Morgan fingerprint density at radius 1 is 0.355 bits per heavy atom. The number of nitrogens with zero attached hydrogens (tertiary/aromatic N) is 1. The molecule has 0 fully saturated rings. The van der Waals surface area contributed by atoms with E-state index in [1.807, 2.05) is 6.07 Å². The Balaban J connectivity index is 1.06. The van der Waals surface area contributed by atoms with Crippen LogP contribution < -0.4 is 9.64 Å². The maximum atomic E-state index is 6.56. The molecule has 292 valence electrons. The van der Waals surface area contributed by atoms with Crippen molar-refractivity contribution in [2.45, 2.75) is 12.3 Å². The van der Waals surface area contributed by atoms with Crippen LogP contribution in [-0.4, -0.2) is 0 Å². The summed E-state index contributed by atoms with van der Waals surface area (Å²) in [7, 11) is 0. The predicted molar refractivity (Wildman–Crippen MR) is 258 cm³/mol. The van der Waals surface area contributed by atoms with Gasteiger partial charge in [0.2, 0.25) is 0 Å². The van der Waals surface area contributed by atoms with Gasteiger partial charge in [0, 0.05) is 33.2 Å². The first-order valence-electron chi connectivity index (χ1n) is 21.4. The molecule has 1 aliphatic carbocycles. The van der Waals surface area contributed by atoms with Crippen LogP contribution in [0, 0.1) is 0 Å². The molecule has 1 aliphatic heterocycles. The quantitative estimate of drug-likeness (QED) is 0.159. The molecule has 10 aromatic rings. The van der Waals surface area contributed by atoms with Gasteiger partial charge in [-0.3, -0.25) is 0 Å². The number of anilines is 3. The van der Waals surface area contributed by atoms with E-state index in [0.29, 0.717) is 0 Å². The highest BCUT2D eigenvalue weighted by Gasteiger charge is 2.42. The zero-order chi connectivity index (χ0) is 41.2.